The molecule has 0 atom stereocenters. The van der Waals surface area contributed by atoms with E-state index in [4.69, 9.17) is 14.5 Å². The zero-order valence-electron chi connectivity index (χ0n) is 19.0. The van der Waals surface area contributed by atoms with Crippen LogP contribution < -0.4 is 9.47 Å². The number of nitrogens with zero attached hydrogens (tertiary/aromatic N) is 2. The van der Waals surface area contributed by atoms with E-state index < -0.39 is 0 Å². The van der Waals surface area contributed by atoms with Crippen molar-refractivity contribution in [2.45, 2.75) is 51.5 Å². The summed E-state index contributed by atoms with van der Waals surface area (Å²) in [6.07, 6.45) is 8.39. The minimum atomic E-state index is 0.0273. The molecule has 5 nitrogen and oxygen atoms in total. The number of hydrogen-bond acceptors (Lipinski definition) is 5. The highest BCUT2D eigenvalue weighted by molar-refractivity contribution is 8.18. The van der Waals surface area contributed by atoms with Crippen LogP contribution in [0.25, 0.3) is 6.08 Å². The number of hydrogen-bond donors (Lipinski definition) is 0. The summed E-state index contributed by atoms with van der Waals surface area (Å²) in [5.41, 5.74) is 2.94. The number of methoxy groups -OCH3 is 2. The summed E-state index contributed by atoms with van der Waals surface area (Å²) in [6.45, 7) is 2.13. The van der Waals surface area contributed by atoms with Gasteiger partial charge in [0, 0.05) is 11.6 Å². The quantitative estimate of drug-likeness (QED) is 0.492. The van der Waals surface area contributed by atoms with E-state index in [0.717, 1.165) is 48.5 Å². The second-order valence-electron chi connectivity index (χ2n) is 8.04. The number of carbonyl (C=O) groups is 1. The molecule has 1 saturated heterocycles. The van der Waals surface area contributed by atoms with Crippen molar-refractivity contribution in [3.8, 4) is 11.5 Å². The molecule has 2 aromatic rings. The summed E-state index contributed by atoms with van der Waals surface area (Å²) in [5, 5.41) is 0.774. The van der Waals surface area contributed by atoms with Crippen LogP contribution in [-0.2, 0) is 11.2 Å². The Kier molecular flexibility index (Phi) is 7.20. The molecule has 1 amide bonds. The molecule has 1 saturated carbocycles. The molecule has 6 heteroatoms. The smallest absolute Gasteiger partial charge is 0.267 e. The summed E-state index contributed by atoms with van der Waals surface area (Å²) in [6, 6.07) is 14.1. The normalized spacial score (nSPS) is 19.7. The Morgan fingerprint density at radius 2 is 1.84 bits per heavy atom. The lowest BCUT2D eigenvalue weighted by Gasteiger charge is -2.30. The first-order chi connectivity index (χ1) is 15.7. The predicted molar refractivity (Wildman–Crippen MR) is 132 cm³/mol. The first-order valence-electron chi connectivity index (χ1n) is 11.3. The number of aryl methyl sites for hydroxylation is 1. The molecule has 4 rings (SSSR count). The lowest BCUT2D eigenvalue weighted by Crippen LogP contribution is -2.40. The van der Waals surface area contributed by atoms with Gasteiger partial charge in [0.1, 0.15) is 0 Å². The van der Waals surface area contributed by atoms with Crippen LogP contribution in [0.4, 0.5) is 5.69 Å². The molecule has 32 heavy (non-hydrogen) atoms. The zero-order valence-corrected chi connectivity index (χ0v) is 19.8. The number of carbonyl (C=O) groups excluding carboxylic acids is 1. The molecule has 1 aliphatic heterocycles. The second-order valence-corrected chi connectivity index (χ2v) is 9.05. The van der Waals surface area contributed by atoms with Gasteiger partial charge < -0.3 is 9.47 Å². The Labute approximate surface area is 194 Å². The monoisotopic (exact) mass is 450 g/mol. The maximum absolute atomic E-state index is 13.6. The predicted octanol–water partition coefficient (Wildman–Crippen LogP) is 6.20. The Morgan fingerprint density at radius 3 is 2.56 bits per heavy atom. The lowest BCUT2D eigenvalue weighted by atomic mass is 9.94. The molecule has 1 aliphatic carbocycles. The van der Waals surface area contributed by atoms with Crippen molar-refractivity contribution in [1.82, 2.24) is 4.90 Å². The first-order valence-corrected chi connectivity index (χ1v) is 12.1. The van der Waals surface area contributed by atoms with Gasteiger partial charge in [-0.2, -0.15) is 0 Å². The van der Waals surface area contributed by atoms with Crippen molar-refractivity contribution in [2.75, 3.05) is 14.2 Å². The third kappa shape index (κ3) is 4.56. The zero-order chi connectivity index (χ0) is 22.5. The minimum absolute atomic E-state index is 0.0273. The van der Waals surface area contributed by atoms with Gasteiger partial charge in [0.25, 0.3) is 5.91 Å². The molecule has 168 valence electrons. The average Bonchev–Trinajstić information content (AvgIpc) is 3.14. The molecule has 0 radical (unpaired) electrons. The summed E-state index contributed by atoms with van der Waals surface area (Å²) in [4.78, 5) is 21.2. The fraction of sp³-hybridized carbons (Fsp3) is 0.385. The van der Waals surface area contributed by atoms with Crippen LogP contribution in [0, 0.1) is 0 Å². The highest BCUT2D eigenvalue weighted by Crippen LogP contribution is 2.41. The molecular weight excluding hydrogens is 420 g/mol. The number of ether oxygens (including phenoxy) is 2. The molecule has 2 aromatic carbocycles. The van der Waals surface area contributed by atoms with Crippen molar-refractivity contribution >= 4 is 34.6 Å². The van der Waals surface area contributed by atoms with Gasteiger partial charge in [-0.1, -0.05) is 56.5 Å². The standard InChI is InChI=1S/C26H30N2O3S/c1-4-18-11-8-9-15-21(18)27-26-28(20-13-6-5-7-14-20)25(29)23(32-26)17-19-12-10-16-22(30-2)24(19)31-3/h8-12,15-17,20H,4-7,13-14H2,1-3H3/b23-17+,27-26?. The summed E-state index contributed by atoms with van der Waals surface area (Å²) < 4.78 is 11.0. The van der Waals surface area contributed by atoms with E-state index in [1.54, 1.807) is 14.2 Å². The van der Waals surface area contributed by atoms with E-state index in [2.05, 4.69) is 13.0 Å². The SMILES string of the molecule is CCc1ccccc1N=C1S/C(=C/c2cccc(OC)c2OC)C(=O)N1C1CCCCC1. The van der Waals surface area contributed by atoms with E-state index in [-0.39, 0.29) is 11.9 Å². The molecule has 0 bridgehead atoms. The van der Waals surface area contributed by atoms with Gasteiger partial charge in [0.05, 0.1) is 24.8 Å². The van der Waals surface area contributed by atoms with Crippen molar-refractivity contribution in [2.24, 2.45) is 4.99 Å². The number of para-hydroxylation sites is 2. The maximum atomic E-state index is 13.6. The van der Waals surface area contributed by atoms with Crippen LogP contribution in [-0.4, -0.2) is 36.2 Å². The van der Waals surface area contributed by atoms with Crippen LogP contribution in [0.15, 0.2) is 52.4 Å². The number of rotatable bonds is 6. The van der Waals surface area contributed by atoms with Crippen molar-refractivity contribution < 1.29 is 14.3 Å². The Morgan fingerprint density at radius 1 is 1.06 bits per heavy atom. The number of amides is 1. The average molecular weight is 451 g/mol. The molecule has 0 unspecified atom stereocenters. The molecule has 2 aliphatic rings. The summed E-state index contributed by atoms with van der Waals surface area (Å²) in [7, 11) is 3.23. The number of aliphatic imine (C=N–C) groups is 1. The first kappa shape index (κ1) is 22.5. The summed E-state index contributed by atoms with van der Waals surface area (Å²) >= 11 is 1.45. The third-order valence-electron chi connectivity index (χ3n) is 6.09. The van der Waals surface area contributed by atoms with Gasteiger partial charge in [-0.05, 0) is 54.8 Å². The Hall–Kier alpha value is -2.73. The van der Waals surface area contributed by atoms with E-state index in [1.807, 2.05) is 47.4 Å². The molecule has 0 spiro atoms. The number of thioether (sulfide) groups is 1. The van der Waals surface area contributed by atoms with E-state index >= 15 is 0 Å². The molecule has 0 N–H and O–H groups in total. The van der Waals surface area contributed by atoms with Crippen LogP contribution in [0.5, 0.6) is 11.5 Å². The van der Waals surface area contributed by atoms with E-state index in [1.165, 1.54) is 23.7 Å². The molecule has 0 aromatic heterocycles. The fourth-order valence-corrected chi connectivity index (χ4v) is 5.46. The second kappa shape index (κ2) is 10.3. The molecule has 2 fully saturated rings. The lowest BCUT2D eigenvalue weighted by molar-refractivity contribution is -0.124. The van der Waals surface area contributed by atoms with Gasteiger partial charge in [-0.25, -0.2) is 4.99 Å². The largest absolute Gasteiger partial charge is 0.493 e. The van der Waals surface area contributed by atoms with Crippen LogP contribution >= 0.6 is 11.8 Å². The van der Waals surface area contributed by atoms with Gasteiger partial charge in [0.15, 0.2) is 16.7 Å². The van der Waals surface area contributed by atoms with E-state index in [0.29, 0.717) is 16.4 Å². The highest BCUT2D eigenvalue weighted by Gasteiger charge is 2.39. The Bertz CT molecular complexity index is 1040. The summed E-state index contributed by atoms with van der Waals surface area (Å²) in [5.74, 6) is 1.30. The topological polar surface area (TPSA) is 51.1 Å². The minimum Gasteiger partial charge on any atom is -0.493 e. The van der Waals surface area contributed by atoms with Gasteiger partial charge in [-0.15, -0.1) is 0 Å². The van der Waals surface area contributed by atoms with Crippen molar-refractivity contribution in [3.63, 3.8) is 0 Å². The fourth-order valence-electron chi connectivity index (χ4n) is 4.41. The van der Waals surface area contributed by atoms with Crippen LogP contribution in [0.3, 0.4) is 0 Å². The van der Waals surface area contributed by atoms with Gasteiger partial charge >= 0.3 is 0 Å². The van der Waals surface area contributed by atoms with Crippen LogP contribution in [0.1, 0.15) is 50.2 Å². The number of benzene rings is 2. The van der Waals surface area contributed by atoms with Crippen molar-refractivity contribution in [3.05, 3.63) is 58.5 Å². The third-order valence-corrected chi connectivity index (χ3v) is 7.07. The Balaban J connectivity index is 1.76. The van der Waals surface area contributed by atoms with E-state index in [9.17, 15) is 4.79 Å². The molecule has 1 heterocycles. The van der Waals surface area contributed by atoms with Gasteiger partial charge in [0.2, 0.25) is 0 Å². The maximum Gasteiger partial charge on any atom is 0.267 e. The number of amidine groups is 1. The van der Waals surface area contributed by atoms with Crippen LogP contribution in [0.2, 0.25) is 0 Å². The highest BCUT2D eigenvalue weighted by atomic mass is 32.2. The van der Waals surface area contributed by atoms with Crippen molar-refractivity contribution in [1.29, 1.82) is 0 Å². The van der Waals surface area contributed by atoms with Gasteiger partial charge in [-0.3, -0.25) is 9.69 Å². The molecular formula is C26H30N2O3S.